The average molecular weight is 224 g/mol. The Hall–Kier alpha value is -0.570. The SMILES string of the molecule is CC(C)C(CN)C(=O)NCC1(C2CC2)CC1. The Bertz CT molecular complexity index is 267. The first-order valence-corrected chi connectivity index (χ1v) is 6.57. The quantitative estimate of drug-likeness (QED) is 0.719. The van der Waals surface area contributed by atoms with Gasteiger partial charge in [0.15, 0.2) is 0 Å². The summed E-state index contributed by atoms with van der Waals surface area (Å²) >= 11 is 0. The summed E-state index contributed by atoms with van der Waals surface area (Å²) < 4.78 is 0. The van der Waals surface area contributed by atoms with Crippen molar-refractivity contribution in [1.82, 2.24) is 5.32 Å². The van der Waals surface area contributed by atoms with E-state index in [-0.39, 0.29) is 11.8 Å². The normalized spacial score (nSPS) is 24.2. The van der Waals surface area contributed by atoms with Gasteiger partial charge in [-0.05, 0) is 42.9 Å². The van der Waals surface area contributed by atoms with Gasteiger partial charge in [-0.3, -0.25) is 4.79 Å². The van der Waals surface area contributed by atoms with E-state index < -0.39 is 0 Å². The predicted molar refractivity (Wildman–Crippen MR) is 64.8 cm³/mol. The molecule has 3 N–H and O–H groups in total. The largest absolute Gasteiger partial charge is 0.355 e. The van der Waals surface area contributed by atoms with Gasteiger partial charge in [0.25, 0.3) is 0 Å². The van der Waals surface area contributed by atoms with E-state index in [9.17, 15) is 4.79 Å². The number of rotatable bonds is 6. The molecule has 0 aromatic carbocycles. The van der Waals surface area contributed by atoms with Crippen LogP contribution in [-0.2, 0) is 4.79 Å². The van der Waals surface area contributed by atoms with Gasteiger partial charge >= 0.3 is 0 Å². The number of amides is 1. The molecule has 0 heterocycles. The second-order valence-electron chi connectivity index (χ2n) is 5.94. The number of hydrogen-bond donors (Lipinski definition) is 2. The van der Waals surface area contributed by atoms with Crippen LogP contribution in [0.25, 0.3) is 0 Å². The molecule has 1 unspecified atom stereocenters. The third kappa shape index (κ3) is 2.40. The summed E-state index contributed by atoms with van der Waals surface area (Å²) in [7, 11) is 0. The Morgan fingerprint density at radius 3 is 2.44 bits per heavy atom. The fourth-order valence-electron chi connectivity index (χ4n) is 2.66. The van der Waals surface area contributed by atoms with Crippen LogP contribution in [0.5, 0.6) is 0 Å². The summed E-state index contributed by atoms with van der Waals surface area (Å²) in [5, 5.41) is 3.12. The summed E-state index contributed by atoms with van der Waals surface area (Å²) in [5.74, 6) is 1.38. The Balaban J connectivity index is 1.78. The second-order valence-corrected chi connectivity index (χ2v) is 5.94. The van der Waals surface area contributed by atoms with Gasteiger partial charge in [-0.15, -0.1) is 0 Å². The van der Waals surface area contributed by atoms with Crippen molar-refractivity contribution in [2.45, 2.75) is 39.5 Å². The van der Waals surface area contributed by atoms with Gasteiger partial charge in [0.1, 0.15) is 0 Å². The lowest BCUT2D eigenvalue weighted by Gasteiger charge is -2.21. The van der Waals surface area contributed by atoms with Gasteiger partial charge < -0.3 is 11.1 Å². The molecule has 3 heteroatoms. The molecule has 92 valence electrons. The van der Waals surface area contributed by atoms with Crippen molar-refractivity contribution in [2.75, 3.05) is 13.1 Å². The number of carbonyl (C=O) groups is 1. The maximum Gasteiger partial charge on any atom is 0.224 e. The first kappa shape index (κ1) is 11.9. The van der Waals surface area contributed by atoms with E-state index in [1.54, 1.807) is 0 Å². The Morgan fingerprint density at radius 2 is 2.06 bits per heavy atom. The van der Waals surface area contributed by atoms with Gasteiger partial charge in [0, 0.05) is 13.1 Å². The summed E-state index contributed by atoms with van der Waals surface area (Å²) in [4.78, 5) is 11.9. The Labute approximate surface area is 98.2 Å². The monoisotopic (exact) mass is 224 g/mol. The second kappa shape index (κ2) is 4.36. The molecule has 1 atom stereocenters. The molecule has 0 spiro atoms. The topological polar surface area (TPSA) is 55.1 Å². The standard InChI is InChI=1S/C13H24N2O/c1-9(2)11(7-14)12(16)15-8-13(5-6-13)10-3-4-10/h9-11H,3-8,14H2,1-2H3,(H,15,16). The minimum absolute atomic E-state index is 0.0185. The van der Waals surface area contributed by atoms with Crippen LogP contribution in [0.2, 0.25) is 0 Å². The highest BCUT2D eigenvalue weighted by Gasteiger charge is 2.53. The van der Waals surface area contributed by atoms with Crippen LogP contribution in [0.4, 0.5) is 0 Å². The molecular weight excluding hydrogens is 200 g/mol. The lowest BCUT2D eigenvalue weighted by Crippen LogP contribution is -2.40. The van der Waals surface area contributed by atoms with E-state index in [1.165, 1.54) is 25.7 Å². The third-order valence-electron chi connectivity index (χ3n) is 4.35. The van der Waals surface area contributed by atoms with E-state index in [2.05, 4.69) is 19.2 Å². The van der Waals surface area contributed by atoms with Crippen LogP contribution < -0.4 is 11.1 Å². The fourth-order valence-corrected chi connectivity index (χ4v) is 2.66. The maximum absolute atomic E-state index is 11.9. The van der Waals surface area contributed by atoms with Crippen LogP contribution in [-0.4, -0.2) is 19.0 Å². The number of nitrogens with two attached hydrogens (primary N) is 1. The predicted octanol–water partition coefficient (Wildman–Crippen LogP) is 1.52. The molecule has 2 aliphatic rings. The molecule has 0 saturated heterocycles. The molecule has 2 aliphatic carbocycles. The summed E-state index contributed by atoms with van der Waals surface area (Å²) in [5.41, 5.74) is 6.13. The lowest BCUT2D eigenvalue weighted by molar-refractivity contribution is -0.126. The Morgan fingerprint density at radius 1 is 1.44 bits per heavy atom. The molecule has 2 saturated carbocycles. The highest BCUT2D eigenvalue weighted by molar-refractivity contribution is 5.79. The molecule has 3 nitrogen and oxygen atoms in total. The number of carbonyl (C=O) groups excluding carboxylic acids is 1. The molecule has 2 fully saturated rings. The van der Waals surface area contributed by atoms with Gasteiger partial charge in [-0.2, -0.15) is 0 Å². The Kier molecular flexibility index (Phi) is 3.24. The zero-order chi connectivity index (χ0) is 11.8. The highest BCUT2D eigenvalue weighted by Crippen LogP contribution is 2.60. The van der Waals surface area contributed by atoms with Gasteiger partial charge in [0.2, 0.25) is 5.91 Å². The van der Waals surface area contributed by atoms with Crippen LogP contribution in [0.15, 0.2) is 0 Å². The fraction of sp³-hybridized carbons (Fsp3) is 0.923. The molecule has 0 aliphatic heterocycles. The zero-order valence-electron chi connectivity index (χ0n) is 10.5. The van der Waals surface area contributed by atoms with E-state index >= 15 is 0 Å². The third-order valence-corrected chi connectivity index (χ3v) is 4.35. The lowest BCUT2D eigenvalue weighted by atomic mass is 9.94. The minimum Gasteiger partial charge on any atom is -0.355 e. The molecular formula is C13H24N2O. The average Bonchev–Trinajstić information content (AvgIpc) is 3.08. The maximum atomic E-state index is 11.9. The van der Waals surface area contributed by atoms with Crippen molar-refractivity contribution in [3.8, 4) is 0 Å². The van der Waals surface area contributed by atoms with Crippen molar-refractivity contribution in [1.29, 1.82) is 0 Å². The molecule has 0 aromatic rings. The molecule has 0 bridgehead atoms. The minimum atomic E-state index is -0.0185. The molecule has 0 radical (unpaired) electrons. The van der Waals surface area contributed by atoms with Crippen molar-refractivity contribution >= 4 is 5.91 Å². The number of nitrogens with one attached hydrogen (secondary N) is 1. The van der Waals surface area contributed by atoms with Gasteiger partial charge in [-0.1, -0.05) is 13.8 Å². The van der Waals surface area contributed by atoms with Crippen LogP contribution in [0.1, 0.15) is 39.5 Å². The molecule has 0 aromatic heterocycles. The smallest absolute Gasteiger partial charge is 0.224 e. The summed E-state index contributed by atoms with van der Waals surface area (Å²) in [6.07, 6.45) is 5.38. The van der Waals surface area contributed by atoms with Crippen molar-refractivity contribution < 1.29 is 4.79 Å². The van der Waals surface area contributed by atoms with E-state index in [0.29, 0.717) is 17.9 Å². The number of hydrogen-bond acceptors (Lipinski definition) is 2. The van der Waals surface area contributed by atoms with Crippen LogP contribution >= 0.6 is 0 Å². The first-order valence-electron chi connectivity index (χ1n) is 6.57. The van der Waals surface area contributed by atoms with Crippen molar-refractivity contribution in [2.24, 2.45) is 28.9 Å². The van der Waals surface area contributed by atoms with Gasteiger partial charge in [-0.25, -0.2) is 0 Å². The molecule has 16 heavy (non-hydrogen) atoms. The van der Waals surface area contributed by atoms with Crippen LogP contribution in [0.3, 0.4) is 0 Å². The first-order chi connectivity index (χ1) is 7.59. The van der Waals surface area contributed by atoms with Crippen LogP contribution in [0, 0.1) is 23.2 Å². The summed E-state index contributed by atoms with van der Waals surface area (Å²) in [6.45, 7) is 5.47. The van der Waals surface area contributed by atoms with Crippen molar-refractivity contribution in [3.63, 3.8) is 0 Å². The molecule has 1 amide bonds. The molecule has 2 rings (SSSR count). The van der Waals surface area contributed by atoms with Crippen molar-refractivity contribution in [3.05, 3.63) is 0 Å². The van der Waals surface area contributed by atoms with E-state index in [0.717, 1.165) is 12.5 Å². The van der Waals surface area contributed by atoms with Gasteiger partial charge in [0.05, 0.1) is 5.92 Å². The highest BCUT2D eigenvalue weighted by atomic mass is 16.1. The zero-order valence-corrected chi connectivity index (χ0v) is 10.5. The van der Waals surface area contributed by atoms with E-state index in [1.807, 2.05) is 0 Å². The summed E-state index contributed by atoms with van der Waals surface area (Å²) in [6, 6.07) is 0. The van der Waals surface area contributed by atoms with E-state index in [4.69, 9.17) is 5.73 Å².